The largest absolute Gasteiger partial charge is 0.496 e. The van der Waals surface area contributed by atoms with Crippen LogP contribution in [0.15, 0.2) is 60.7 Å². The number of fused-ring (bicyclic) bond motifs is 1. The molecule has 2 saturated heterocycles. The first kappa shape index (κ1) is 23.1. The highest BCUT2D eigenvalue weighted by atomic mass is 35.5. The number of carbonyl (C=O) groups is 1. The summed E-state index contributed by atoms with van der Waals surface area (Å²) in [5.74, 6) is 0.848. The SMILES string of the molecule is COc1ccc(CN2CCN([C@H]3CN(C(=O)c4ccc(Cl)cc4)C[C@@H]3O)CC2)c2ccccc12. The van der Waals surface area contributed by atoms with Crippen molar-refractivity contribution in [2.24, 2.45) is 0 Å². The second-order valence-electron chi connectivity index (χ2n) is 9.14. The fourth-order valence-electron chi connectivity index (χ4n) is 5.21. The Morgan fingerprint density at radius 3 is 2.38 bits per heavy atom. The molecule has 178 valence electrons. The average molecular weight is 480 g/mol. The van der Waals surface area contributed by atoms with E-state index in [4.69, 9.17) is 16.3 Å². The van der Waals surface area contributed by atoms with Gasteiger partial charge in [-0.2, -0.15) is 0 Å². The second kappa shape index (κ2) is 9.92. The van der Waals surface area contributed by atoms with E-state index >= 15 is 0 Å². The van der Waals surface area contributed by atoms with E-state index in [0.717, 1.165) is 43.9 Å². The van der Waals surface area contributed by atoms with Gasteiger partial charge in [-0.15, -0.1) is 0 Å². The number of halogens is 1. The molecule has 5 rings (SSSR count). The number of likely N-dealkylation sites (tertiary alicyclic amines) is 1. The van der Waals surface area contributed by atoms with Crippen LogP contribution in [0.1, 0.15) is 15.9 Å². The standard InChI is InChI=1S/C27H30ClN3O3/c1-34-26-11-8-20(22-4-2-3-5-23(22)26)16-29-12-14-30(15-13-29)24-17-31(18-25(24)32)27(33)19-6-9-21(28)10-7-19/h2-11,24-25,32H,12-18H2,1H3/t24-,25-/m0/s1. The molecule has 34 heavy (non-hydrogen) atoms. The molecular formula is C27H30ClN3O3. The predicted octanol–water partition coefficient (Wildman–Crippen LogP) is 3.50. The van der Waals surface area contributed by atoms with Crippen molar-refractivity contribution in [3.8, 4) is 5.75 Å². The summed E-state index contributed by atoms with van der Waals surface area (Å²) in [7, 11) is 1.71. The number of piperazine rings is 1. The Morgan fingerprint density at radius 1 is 0.971 bits per heavy atom. The van der Waals surface area contributed by atoms with Crippen molar-refractivity contribution in [3.63, 3.8) is 0 Å². The number of benzene rings is 3. The fourth-order valence-corrected chi connectivity index (χ4v) is 5.34. The van der Waals surface area contributed by atoms with Crippen LogP contribution in [-0.2, 0) is 6.54 Å². The van der Waals surface area contributed by atoms with E-state index in [1.165, 1.54) is 10.9 Å². The van der Waals surface area contributed by atoms with Crippen LogP contribution in [0.3, 0.4) is 0 Å². The van der Waals surface area contributed by atoms with Gasteiger partial charge in [0.05, 0.1) is 19.3 Å². The maximum absolute atomic E-state index is 12.9. The van der Waals surface area contributed by atoms with Crippen molar-refractivity contribution in [2.75, 3.05) is 46.4 Å². The van der Waals surface area contributed by atoms with Crippen molar-refractivity contribution in [1.82, 2.24) is 14.7 Å². The van der Waals surface area contributed by atoms with Crippen molar-refractivity contribution in [1.29, 1.82) is 0 Å². The smallest absolute Gasteiger partial charge is 0.253 e. The Hall–Kier alpha value is -2.64. The van der Waals surface area contributed by atoms with Gasteiger partial charge >= 0.3 is 0 Å². The van der Waals surface area contributed by atoms with Gasteiger partial charge in [-0.1, -0.05) is 41.9 Å². The fraction of sp³-hybridized carbons (Fsp3) is 0.370. The highest BCUT2D eigenvalue weighted by Gasteiger charge is 2.38. The summed E-state index contributed by atoms with van der Waals surface area (Å²) in [4.78, 5) is 19.4. The van der Waals surface area contributed by atoms with E-state index in [2.05, 4.69) is 40.1 Å². The number of methoxy groups -OCH3 is 1. The Bertz CT molecular complexity index is 1160. The van der Waals surface area contributed by atoms with Crippen molar-refractivity contribution >= 4 is 28.3 Å². The van der Waals surface area contributed by atoms with Crippen molar-refractivity contribution < 1.29 is 14.6 Å². The summed E-state index contributed by atoms with van der Waals surface area (Å²) in [6.07, 6.45) is -0.534. The zero-order valence-corrected chi connectivity index (χ0v) is 20.1. The number of amides is 1. The normalized spacial score (nSPS) is 21.8. The van der Waals surface area contributed by atoms with E-state index in [-0.39, 0.29) is 11.9 Å². The van der Waals surface area contributed by atoms with Gasteiger partial charge < -0.3 is 14.7 Å². The Morgan fingerprint density at radius 2 is 1.68 bits per heavy atom. The predicted molar refractivity (Wildman–Crippen MR) is 135 cm³/mol. The van der Waals surface area contributed by atoms with Gasteiger partial charge in [0, 0.05) is 61.8 Å². The zero-order valence-electron chi connectivity index (χ0n) is 19.4. The van der Waals surface area contributed by atoms with Gasteiger partial charge in [-0.3, -0.25) is 14.6 Å². The van der Waals surface area contributed by atoms with E-state index in [1.807, 2.05) is 6.07 Å². The molecule has 1 amide bonds. The molecule has 0 radical (unpaired) electrons. The molecule has 2 fully saturated rings. The lowest BCUT2D eigenvalue weighted by atomic mass is 10.0. The number of aliphatic hydroxyl groups excluding tert-OH is 1. The number of β-amino-alcohol motifs (C(OH)–C–C–N with tert-alkyl or cyclic N) is 1. The zero-order chi connectivity index (χ0) is 23.7. The molecule has 3 aromatic rings. The van der Waals surface area contributed by atoms with Gasteiger partial charge in [-0.05, 0) is 41.3 Å². The first-order chi connectivity index (χ1) is 16.5. The molecule has 0 saturated carbocycles. The van der Waals surface area contributed by atoms with Crippen LogP contribution in [0.25, 0.3) is 10.8 Å². The van der Waals surface area contributed by atoms with E-state index in [0.29, 0.717) is 23.7 Å². The van der Waals surface area contributed by atoms with Crippen LogP contribution in [-0.4, -0.2) is 84.2 Å². The minimum Gasteiger partial charge on any atom is -0.496 e. The molecule has 0 bridgehead atoms. The van der Waals surface area contributed by atoms with Crippen LogP contribution in [0.4, 0.5) is 0 Å². The topological polar surface area (TPSA) is 56.2 Å². The quantitative estimate of drug-likeness (QED) is 0.607. The Balaban J connectivity index is 1.20. The third-order valence-corrected chi connectivity index (χ3v) is 7.35. The van der Waals surface area contributed by atoms with Crippen molar-refractivity contribution in [3.05, 3.63) is 76.8 Å². The monoisotopic (exact) mass is 479 g/mol. The molecule has 2 aliphatic rings. The summed E-state index contributed by atoms with van der Waals surface area (Å²) < 4.78 is 5.53. The molecule has 2 atom stereocenters. The number of hydrogen-bond acceptors (Lipinski definition) is 5. The average Bonchev–Trinajstić information content (AvgIpc) is 3.26. The summed E-state index contributed by atoms with van der Waals surface area (Å²) in [6, 6.07) is 19.5. The number of ether oxygens (including phenoxy) is 1. The maximum Gasteiger partial charge on any atom is 0.253 e. The molecule has 6 nitrogen and oxygen atoms in total. The summed E-state index contributed by atoms with van der Waals surface area (Å²) in [5.41, 5.74) is 1.90. The van der Waals surface area contributed by atoms with Crippen LogP contribution in [0, 0.1) is 0 Å². The lowest BCUT2D eigenvalue weighted by Crippen LogP contribution is -2.53. The molecule has 1 N–H and O–H groups in total. The first-order valence-electron chi connectivity index (χ1n) is 11.8. The minimum absolute atomic E-state index is 0.0276. The molecule has 0 unspecified atom stereocenters. The Labute approximate surface area is 205 Å². The lowest BCUT2D eigenvalue weighted by Gasteiger charge is -2.39. The molecule has 0 spiro atoms. The number of carbonyl (C=O) groups excluding carboxylic acids is 1. The summed E-state index contributed by atoms with van der Waals surface area (Å²) in [5, 5.41) is 13.7. The number of rotatable bonds is 5. The third-order valence-electron chi connectivity index (χ3n) is 7.10. The highest BCUT2D eigenvalue weighted by molar-refractivity contribution is 6.30. The van der Waals surface area contributed by atoms with Crippen LogP contribution in [0.2, 0.25) is 5.02 Å². The number of aliphatic hydroxyl groups is 1. The molecule has 3 aromatic carbocycles. The van der Waals surface area contributed by atoms with Crippen molar-refractivity contribution in [2.45, 2.75) is 18.7 Å². The van der Waals surface area contributed by atoms with Gasteiger partial charge in [0.2, 0.25) is 0 Å². The van der Waals surface area contributed by atoms with Gasteiger partial charge in [-0.25, -0.2) is 0 Å². The van der Waals surface area contributed by atoms with E-state index in [9.17, 15) is 9.90 Å². The Kier molecular flexibility index (Phi) is 6.75. The summed E-state index contributed by atoms with van der Waals surface area (Å²) in [6.45, 7) is 5.39. The molecule has 2 heterocycles. The second-order valence-corrected chi connectivity index (χ2v) is 9.57. The third kappa shape index (κ3) is 4.64. The molecule has 0 aliphatic carbocycles. The highest BCUT2D eigenvalue weighted by Crippen LogP contribution is 2.29. The van der Waals surface area contributed by atoms with Crippen LogP contribution in [0.5, 0.6) is 5.75 Å². The molecule has 7 heteroatoms. The molecule has 0 aromatic heterocycles. The van der Waals surface area contributed by atoms with Gasteiger partial charge in [0.1, 0.15) is 5.75 Å². The molecular weight excluding hydrogens is 450 g/mol. The van der Waals surface area contributed by atoms with Gasteiger partial charge in [0.25, 0.3) is 5.91 Å². The summed E-state index contributed by atoms with van der Waals surface area (Å²) >= 11 is 5.95. The maximum atomic E-state index is 12.9. The first-order valence-corrected chi connectivity index (χ1v) is 12.1. The molecule has 2 aliphatic heterocycles. The number of hydrogen-bond donors (Lipinski definition) is 1. The van der Waals surface area contributed by atoms with Gasteiger partial charge in [0.15, 0.2) is 0 Å². The van der Waals surface area contributed by atoms with Crippen LogP contribution >= 0.6 is 11.6 Å². The van der Waals surface area contributed by atoms with Crippen LogP contribution < -0.4 is 4.74 Å². The number of nitrogens with zero attached hydrogens (tertiary/aromatic N) is 3. The minimum atomic E-state index is -0.534. The lowest BCUT2D eigenvalue weighted by molar-refractivity contribution is 0.0424. The van der Waals surface area contributed by atoms with E-state index in [1.54, 1.807) is 36.3 Å². The van der Waals surface area contributed by atoms with E-state index < -0.39 is 6.10 Å².